The van der Waals surface area contributed by atoms with Crippen molar-refractivity contribution in [3.63, 3.8) is 0 Å². The van der Waals surface area contributed by atoms with Crippen LogP contribution in [0.1, 0.15) is 33.6 Å². The maximum Gasteiger partial charge on any atom is 0.312 e. The molecule has 0 aliphatic carbocycles. The van der Waals surface area contributed by atoms with E-state index in [1.165, 1.54) is 0 Å². The van der Waals surface area contributed by atoms with E-state index in [0.29, 0.717) is 6.04 Å². The van der Waals surface area contributed by atoms with Crippen molar-refractivity contribution in [1.82, 2.24) is 4.90 Å². The number of hydrogen-bond donors (Lipinski definition) is 0. The largest absolute Gasteiger partial charge is 0.332 e. The topological polar surface area (TPSA) is 20.3 Å². The number of hydrogen-bond acceptors (Lipinski definition) is 1. The Kier molecular flexibility index (Phi) is 4.99. The van der Waals surface area contributed by atoms with Gasteiger partial charge in [0.2, 0.25) is 0 Å². The molecule has 0 spiro atoms. The monoisotopic (exact) mass is 142 g/mol. The van der Waals surface area contributed by atoms with Crippen LogP contribution in [0.15, 0.2) is 0 Å². The van der Waals surface area contributed by atoms with E-state index >= 15 is 0 Å². The molecule has 0 aromatic rings. The molecule has 0 rings (SSSR count). The highest BCUT2D eigenvalue weighted by Crippen LogP contribution is 2.00. The molecule has 1 radical (unpaired) electrons. The van der Waals surface area contributed by atoms with Crippen LogP contribution in [0.3, 0.4) is 0 Å². The fraction of sp³-hybridized carbons (Fsp3) is 0.875. The lowest BCUT2D eigenvalue weighted by atomic mass is 10.2. The molecule has 0 aromatic carbocycles. The lowest BCUT2D eigenvalue weighted by molar-refractivity contribution is 0.302. The summed E-state index contributed by atoms with van der Waals surface area (Å²) in [6.45, 7) is 7.01. The lowest BCUT2D eigenvalue weighted by Gasteiger charge is -2.21. The maximum atomic E-state index is 10.3. The molecule has 0 bridgehead atoms. The Hall–Kier alpha value is -0.530. The summed E-state index contributed by atoms with van der Waals surface area (Å²) in [5, 5.41) is 0. The Morgan fingerprint density at radius 2 is 2.10 bits per heavy atom. The molecule has 0 aliphatic rings. The Balaban J connectivity index is 3.67. The molecule has 2 heteroatoms. The van der Waals surface area contributed by atoms with Crippen LogP contribution in [0.5, 0.6) is 0 Å². The van der Waals surface area contributed by atoms with Gasteiger partial charge in [0, 0.05) is 12.6 Å². The molecule has 0 heterocycles. The van der Waals surface area contributed by atoms with Crippen molar-refractivity contribution in [1.29, 1.82) is 0 Å². The average molecular weight is 142 g/mol. The van der Waals surface area contributed by atoms with Gasteiger partial charge in [-0.1, -0.05) is 13.8 Å². The summed E-state index contributed by atoms with van der Waals surface area (Å²) in [6, 6.07) is 0.345. The van der Waals surface area contributed by atoms with Crippen LogP contribution >= 0.6 is 0 Å². The van der Waals surface area contributed by atoms with Crippen LogP contribution in [0.2, 0.25) is 0 Å². The van der Waals surface area contributed by atoms with Crippen LogP contribution in [0.25, 0.3) is 0 Å². The zero-order valence-corrected chi connectivity index (χ0v) is 7.05. The van der Waals surface area contributed by atoms with Crippen molar-refractivity contribution in [3.05, 3.63) is 0 Å². The first-order chi connectivity index (χ1) is 4.76. The van der Waals surface area contributed by atoms with Gasteiger partial charge in [0.25, 0.3) is 0 Å². The second kappa shape index (κ2) is 5.27. The molecule has 1 atom stereocenters. The summed E-state index contributed by atoms with van der Waals surface area (Å²) in [6.07, 6.45) is 3.96. The second-order valence-electron chi connectivity index (χ2n) is 2.54. The molecule has 0 saturated carbocycles. The van der Waals surface area contributed by atoms with E-state index in [2.05, 4.69) is 13.8 Å². The molecule has 0 N–H and O–H groups in total. The fourth-order valence-corrected chi connectivity index (χ4v) is 0.817. The average Bonchev–Trinajstić information content (AvgIpc) is 1.99. The molecule has 1 amide bonds. The molecular formula is C8H16NO. The summed E-state index contributed by atoms with van der Waals surface area (Å²) in [5.41, 5.74) is 0. The first kappa shape index (κ1) is 9.47. The highest BCUT2D eigenvalue weighted by molar-refractivity contribution is 5.48. The number of nitrogens with zero attached hydrogens (tertiary/aromatic N) is 1. The number of amides is 1. The minimum Gasteiger partial charge on any atom is -0.332 e. The van der Waals surface area contributed by atoms with Gasteiger partial charge in [-0.2, -0.15) is 0 Å². The molecule has 0 saturated heterocycles. The SMILES string of the molecule is CCCN([C]=O)C(C)CC. The first-order valence-electron chi connectivity index (χ1n) is 3.90. The third kappa shape index (κ3) is 2.85. The normalized spacial score (nSPS) is 12.7. The van der Waals surface area contributed by atoms with Gasteiger partial charge in [-0.25, -0.2) is 0 Å². The quantitative estimate of drug-likeness (QED) is 0.533. The number of rotatable bonds is 5. The van der Waals surface area contributed by atoms with E-state index in [0.717, 1.165) is 19.4 Å². The smallest absolute Gasteiger partial charge is 0.312 e. The van der Waals surface area contributed by atoms with Crippen molar-refractivity contribution in [2.24, 2.45) is 0 Å². The van der Waals surface area contributed by atoms with Crippen LogP contribution in [-0.2, 0) is 4.79 Å². The van der Waals surface area contributed by atoms with Crippen molar-refractivity contribution < 1.29 is 4.79 Å². The van der Waals surface area contributed by atoms with Crippen LogP contribution in [0.4, 0.5) is 0 Å². The maximum absolute atomic E-state index is 10.3. The molecule has 1 unspecified atom stereocenters. The van der Waals surface area contributed by atoms with Gasteiger partial charge >= 0.3 is 6.41 Å². The highest BCUT2D eigenvalue weighted by Gasteiger charge is 2.07. The Labute approximate surface area is 63.2 Å². The van der Waals surface area contributed by atoms with Crippen molar-refractivity contribution >= 4 is 6.41 Å². The summed E-state index contributed by atoms with van der Waals surface area (Å²) < 4.78 is 0. The lowest BCUT2D eigenvalue weighted by Crippen LogP contribution is -2.31. The van der Waals surface area contributed by atoms with Gasteiger partial charge in [-0.15, -0.1) is 0 Å². The van der Waals surface area contributed by atoms with Gasteiger partial charge in [-0.05, 0) is 19.8 Å². The summed E-state index contributed by atoms with van der Waals surface area (Å²) >= 11 is 0. The Morgan fingerprint density at radius 3 is 2.40 bits per heavy atom. The van der Waals surface area contributed by atoms with Gasteiger partial charge in [-0.3, -0.25) is 4.79 Å². The van der Waals surface area contributed by atoms with Crippen molar-refractivity contribution in [2.75, 3.05) is 6.54 Å². The molecule has 0 aromatic heterocycles. The van der Waals surface area contributed by atoms with E-state index < -0.39 is 0 Å². The molecule has 0 aliphatic heterocycles. The molecule has 2 nitrogen and oxygen atoms in total. The zero-order valence-electron chi connectivity index (χ0n) is 7.05. The second-order valence-corrected chi connectivity index (χ2v) is 2.54. The van der Waals surface area contributed by atoms with E-state index in [4.69, 9.17) is 0 Å². The zero-order chi connectivity index (χ0) is 7.98. The highest BCUT2D eigenvalue weighted by atomic mass is 16.1. The van der Waals surface area contributed by atoms with E-state index in [9.17, 15) is 4.79 Å². The van der Waals surface area contributed by atoms with Gasteiger partial charge < -0.3 is 4.90 Å². The van der Waals surface area contributed by atoms with Gasteiger partial charge in [0.1, 0.15) is 0 Å². The van der Waals surface area contributed by atoms with E-state index in [1.807, 2.05) is 13.3 Å². The molecule has 59 valence electrons. The number of carbonyl (C=O) groups excluding carboxylic acids is 1. The summed E-state index contributed by atoms with van der Waals surface area (Å²) in [4.78, 5) is 12.0. The minimum atomic E-state index is 0.345. The predicted octanol–water partition coefficient (Wildman–Crippen LogP) is 1.56. The molecule has 10 heavy (non-hydrogen) atoms. The Bertz CT molecular complexity index is 93.3. The minimum absolute atomic E-state index is 0.345. The first-order valence-corrected chi connectivity index (χ1v) is 3.90. The standard InChI is InChI=1S/C8H16NO/c1-4-6-9(7-10)8(3)5-2/h8H,4-6H2,1-3H3. The van der Waals surface area contributed by atoms with Crippen LogP contribution in [-0.4, -0.2) is 23.9 Å². The van der Waals surface area contributed by atoms with Gasteiger partial charge in [0.15, 0.2) is 0 Å². The molecular weight excluding hydrogens is 126 g/mol. The summed E-state index contributed by atoms with van der Waals surface area (Å²) in [7, 11) is 0. The van der Waals surface area contributed by atoms with Crippen molar-refractivity contribution in [2.45, 2.75) is 39.7 Å². The van der Waals surface area contributed by atoms with Crippen molar-refractivity contribution in [3.8, 4) is 0 Å². The van der Waals surface area contributed by atoms with E-state index in [-0.39, 0.29) is 0 Å². The third-order valence-corrected chi connectivity index (χ3v) is 1.70. The predicted molar refractivity (Wildman–Crippen MR) is 42.4 cm³/mol. The Morgan fingerprint density at radius 1 is 1.50 bits per heavy atom. The molecule has 0 fully saturated rings. The van der Waals surface area contributed by atoms with Gasteiger partial charge in [0.05, 0.1) is 0 Å². The fourth-order valence-electron chi connectivity index (χ4n) is 0.817. The van der Waals surface area contributed by atoms with Crippen LogP contribution < -0.4 is 0 Å². The van der Waals surface area contributed by atoms with Crippen LogP contribution in [0, 0.1) is 0 Å². The third-order valence-electron chi connectivity index (χ3n) is 1.70. The summed E-state index contributed by atoms with van der Waals surface area (Å²) in [5.74, 6) is 0. The van der Waals surface area contributed by atoms with E-state index in [1.54, 1.807) is 4.90 Å².